The Morgan fingerprint density at radius 2 is 1.74 bits per heavy atom. The van der Waals surface area contributed by atoms with Crippen LogP contribution in [-0.2, 0) is 9.53 Å². The molecule has 3 amide bonds. The van der Waals surface area contributed by atoms with E-state index in [-0.39, 0.29) is 28.9 Å². The molecule has 15 heteroatoms. The lowest BCUT2D eigenvalue weighted by atomic mass is 9.86. The standard InChI is InChI=1S/C35H32F2N8O5/c1-18-10-20-12-26(41-25(20)13-27(18)44-33(47)35(42-34(44)48)6-8-43(9-7-35)21-16-49-17-21)30(46)22-14-40-45(32(22)38)28-15-39-29(11-19(28)2)50-31-23(36)4-3-5-24(31)37/h3-5,10-15,21,41H,6-9,16-17,38H2,1-2H3,(H,42,48). The summed E-state index contributed by atoms with van der Waals surface area (Å²) in [4.78, 5) is 51.6. The number of imide groups is 1. The van der Waals surface area contributed by atoms with Crippen molar-refractivity contribution < 1.29 is 32.6 Å². The molecule has 0 saturated carbocycles. The molecule has 0 unspecified atom stereocenters. The lowest BCUT2D eigenvalue weighted by Gasteiger charge is -2.43. The molecule has 3 fully saturated rings. The van der Waals surface area contributed by atoms with E-state index in [1.165, 1.54) is 34.1 Å². The van der Waals surface area contributed by atoms with Gasteiger partial charge in [-0.3, -0.25) is 14.5 Å². The third-order valence-corrected chi connectivity index (χ3v) is 9.84. The topological polar surface area (TPSA) is 161 Å². The maximum absolute atomic E-state index is 14.1. The van der Waals surface area contributed by atoms with E-state index in [0.717, 1.165) is 12.1 Å². The summed E-state index contributed by atoms with van der Waals surface area (Å²) >= 11 is 0. The number of hydrogen-bond acceptors (Lipinski definition) is 9. The van der Waals surface area contributed by atoms with Gasteiger partial charge in [-0.2, -0.15) is 5.10 Å². The molecule has 0 atom stereocenters. The van der Waals surface area contributed by atoms with Crippen molar-refractivity contribution in [2.24, 2.45) is 0 Å². The molecule has 3 aromatic heterocycles. The van der Waals surface area contributed by atoms with E-state index in [2.05, 4.69) is 25.3 Å². The minimum Gasteiger partial charge on any atom is -0.433 e. The first kappa shape index (κ1) is 31.6. The molecule has 0 radical (unpaired) electrons. The normalized spacial score (nSPS) is 17.8. The van der Waals surface area contributed by atoms with Crippen molar-refractivity contribution in [2.75, 3.05) is 36.9 Å². The number of urea groups is 1. The predicted octanol–water partition coefficient (Wildman–Crippen LogP) is 4.54. The van der Waals surface area contributed by atoms with E-state index >= 15 is 0 Å². The summed E-state index contributed by atoms with van der Waals surface area (Å²) < 4.78 is 40.2. The molecule has 3 saturated heterocycles. The molecule has 1 spiro atoms. The smallest absolute Gasteiger partial charge is 0.329 e. The molecule has 0 bridgehead atoms. The molecule has 4 N–H and O–H groups in total. The Balaban J connectivity index is 1.02. The number of amides is 3. The third kappa shape index (κ3) is 5.08. The van der Waals surface area contributed by atoms with Crippen molar-refractivity contribution in [3.63, 3.8) is 0 Å². The summed E-state index contributed by atoms with van der Waals surface area (Å²) in [6.07, 6.45) is 3.75. The lowest BCUT2D eigenvalue weighted by molar-refractivity contribution is -0.125. The fourth-order valence-electron chi connectivity index (χ4n) is 6.88. The van der Waals surface area contributed by atoms with Crippen LogP contribution < -0.4 is 20.7 Å². The average Bonchev–Trinajstić information content (AvgIpc) is 3.72. The van der Waals surface area contributed by atoms with Crippen molar-refractivity contribution in [1.29, 1.82) is 0 Å². The number of nitrogen functional groups attached to an aromatic ring is 1. The van der Waals surface area contributed by atoms with Gasteiger partial charge in [0.1, 0.15) is 11.4 Å². The fraction of sp³-hybridized carbons (Fsp3) is 0.286. The van der Waals surface area contributed by atoms with E-state index in [1.54, 1.807) is 19.1 Å². The Labute approximate surface area is 283 Å². The molecular weight excluding hydrogens is 650 g/mol. The molecule has 256 valence electrons. The number of halogens is 2. The largest absolute Gasteiger partial charge is 0.433 e. The number of nitrogens with one attached hydrogen (secondary N) is 2. The van der Waals surface area contributed by atoms with Crippen molar-refractivity contribution in [3.05, 3.63) is 88.9 Å². The minimum atomic E-state index is -0.951. The number of H-pyrrole nitrogens is 1. The van der Waals surface area contributed by atoms with Crippen molar-refractivity contribution in [3.8, 4) is 17.3 Å². The van der Waals surface area contributed by atoms with E-state index in [0.29, 0.717) is 78.6 Å². The summed E-state index contributed by atoms with van der Waals surface area (Å²) in [5.41, 5.74) is 8.50. The van der Waals surface area contributed by atoms with Gasteiger partial charge in [-0.1, -0.05) is 6.07 Å². The summed E-state index contributed by atoms with van der Waals surface area (Å²) in [5.74, 6) is -3.02. The number of ketones is 1. The highest BCUT2D eigenvalue weighted by Crippen LogP contribution is 2.37. The number of para-hydroxylation sites is 1. The maximum atomic E-state index is 14.1. The number of benzene rings is 2. The van der Waals surface area contributed by atoms with Crippen molar-refractivity contribution in [2.45, 2.75) is 38.3 Å². The number of carbonyl (C=O) groups excluding carboxylic acids is 3. The Hall–Kier alpha value is -5.67. The Kier molecular flexibility index (Phi) is 7.42. The van der Waals surface area contributed by atoms with Gasteiger partial charge < -0.3 is 25.5 Å². The molecular formula is C35H32F2N8O5. The van der Waals surface area contributed by atoms with Gasteiger partial charge in [0.25, 0.3) is 5.91 Å². The first-order valence-corrected chi connectivity index (χ1v) is 16.1. The number of fused-ring (bicyclic) bond motifs is 1. The fourth-order valence-corrected chi connectivity index (χ4v) is 6.88. The van der Waals surface area contributed by atoms with Crippen LogP contribution in [0, 0.1) is 25.5 Å². The van der Waals surface area contributed by atoms with Gasteiger partial charge in [0, 0.05) is 30.1 Å². The average molecular weight is 683 g/mol. The van der Waals surface area contributed by atoms with Crippen LogP contribution in [0.4, 0.5) is 25.1 Å². The number of pyridine rings is 1. The Morgan fingerprint density at radius 1 is 1.02 bits per heavy atom. The highest BCUT2D eigenvalue weighted by Gasteiger charge is 2.53. The lowest BCUT2D eigenvalue weighted by Crippen LogP contribution is -2.59. The number of hydrogen-bond donors (Lipinski definition) is 3. The van der Waals surface area contributed by atoms with E-state index in [9.17, 15) is 23.2 Å². The van der Waals surface area contributed by atoms with Gasteiger partial charge in [0.2, 0.25) is 17.4 Å². The second kappa shape index (κ2) is 11.7. The number of carbonyl (C=O) groups is 3. The third-order valence-electron chi connectivity index (χ3n) is 9.84. The van der Waals surface area contributed by atoms with Crippen LogP contribution in [0.1, 0.15) is 40.0 Å². The van der Waals surface area contributed by atoms with Gasteiger partial charge in [-0.25, -0.2) is 28.1 Å². The highest BCUT2D eigenvalue weighted by atomic mass is 19.1. The molecule has 3 aliphatic heterocycles. The zero-order valence-corrected chi connectivity index (χ0v) is 27.1. The van der Waals surface area contributed by atoms with Crippen LogP contribution in [0.25, 0.3) is 16.6 Å². The SMILES string of the molecule is Cc1cc2cc(C(=O)c3cnn(-c4cnc(Oc5c(F)cccc5F)cc4C)c3N)[nH]c2cc1N1C(=O)NC2(CCN(C3COC3)CC2)C1=O. The summed E-state index contributed by atoms with van der Waals surface area (Å²) in [6.45, 7) is 6.30. The van der Waals surface area contributed by atoms with Crippen molar-refractivity contribution >= 4 is 40.1 Å². The number of ether oxygens (including phenoxy) is 2. The first-order chi connectivity index (χ1) is 24.0. The summed E-state index contributed by atoms with van der Waals surface area (Å²) in [6, 6.07) is 9.96. The van der Waals surface area contributed by atoms with Gasteiger partial charge in [-0.15, -0.1) is 0 Å². The zero-order valence-electron chi connectivity index (χ0n) is 27.1. The molecule has 0 aliphatic carbocycles. The van der Waals surface area contributed by atoms with Crippen LogP contribution in [0.15, 0.2) is 54.9 Å². The maximum Gasteiger partial charge on any atom is 0.329 e. The number of rotatable bonds is 7. The zero-order chi connectivity index (χ0) is 34.9. The number of anilines is 2. The number of aromatic nitrogens is 4. The second-order valence-corrected chi connectivity index (χ2v) is 12.9. The molecule has 50 heavy (non-hydrogen) atoms. The van der Waals surface area contributed by atoms with Crippen LogP contribution in [0.5, 0.6) is 11.6 Å². The van der Waals surface area contributed by atoms with E-state index in [1.807, 2.05) is 13.0 Å². The van der Waals surface area contributed by atoms with E-state index in [4.69, 9.17) is 15.2 Å². The van der Waals surface area contributed by atoms with Gasteiger partial charge >= 0.3 is 6.03 Å². The molecule has 2 aromatic carbocycles. The van der Waals surface area contributed by atoms with Crippen LogP contribution in [0.2, 0.25) is 0 Å². The molecule has 13 nitrogen and oxygen atoms in total. The molecule has 8 rings (SSSR count). The number of piperidine rings is 1. The number of nitrogens with zero attached hydrogens (tertiary/aromatic N) is 5. The van der Waals surface area contributed by atoms with Gasteiger partial charge in [0.15, 0.2) is 11.6 Å². The monoisotopic (exact) mass is 682 g/mol. The second-order valence-electron chi connectivity index (χ2n) is 12.9. The number of aryl methyl sites for hydroxylation is 2. The van der Waals surface area contributed by atoms with Crippen molar-refractivity contribution in [1.82, 2.24) is 30.0 Å². The first-order valence-electron chi connectivity index (χ1n) is 16.1. The van der Waals surface area contributed by atoms with Crippen LogP contribution in [0.3, 0.4) is 0 Å². The number of aromatic amines is 1. The van der Waals surface area contributed by atoms with Crippen LogP contribution >= 0.6 is 0 Å². The Bertz CT molecular complexity index is 2200. The molecule has 5 aromatic rings. The van der Waals surface area contributed by atoms with Gasteiger partial charge in [0.05, 0.1) is 54.3 Å². The van der Waals surface area contributed by atoms with Gasteiger partial charge in [-0.05, 0) is 68.1 Å². The van der Waals surface area contributed by atoms with Crippen LogP contribution in [-0.4, -0.2) is 80.3 Å². The van der Waals surface area contributed by atoms with E-state index < -0.39 is 34.7 Å². The summed E-state index contributed by atoms with van der Waals surface area (Å²) in [7, 11) is 0. The minimum absolute atomic E-state index is 0.0434. The number of nitrogens with two attached hydrogens (primary N) is 1. The molecule has 3 aliphatic rings. The predicted molar refractivity (Wildman–Crippen MR) is 178 cm³/mol. The Morgan fingerprint density at radius 3 is 2.42 bits per heavy atom. The molecule has 6 heterocycles. The highest BCUT2D eigenvalue weighted by molar-refractivity contribution is 6.24. The number of likely N-dealkylation sites (tertiary alicyclic amines) is 1. The summed E-state index contributed by atoms with van der Waals surface area (Å²) in [5, 5.41) is 8.00. The quantitative estimate of drug-likeness (QED) is 0.165.